The first-order valence-electron chi connectivity index (χ1n) is 9.70. The Morgan fingerprint density at radius 2 is 1.67 bits per heavy atom. The van der Waals surface area contributed by atoms with Crippen LogP contribution in [0.1, 0.15) is 56.9 Å². The quantitative estimate of drug-likeness (QED) is 0.773. The van der Waals surface area contributed by atoms with Gasteiger partial charge in [0.1, 0.15) is 0 Å². The van der Waals surface area contributed by atoms with Crippen LogP contribution < -0.4 is 0 Å². The lowest BCUT2D eigenvalue weighted by Crippen LogP contribution is -2.40. The van der Waals surface area contributed by atoms with Crippen molar-refractivity contribution in [2.24, 2.45) is 11.8 Å². The predicted molar refractivity (Wildman–Crippen MR) is 96.6 cm³/mol. The summed E-state index contributed by atoms with van der Waals surface area (Å²) in [4.78, 5) is 14.6. The van der Waals surface area contributed by atoms with Gasteiger partial charge in [-0.2, -0.15) is 0 Å². The van der Waals surface area contributed by atoms with Crippen LogP contribution in [0.4, 0.5) is 0 Å². The summed E-state index contributed by atoms with van der Waals surface area (Å²) in [5.41, 5.74) is 1.23. The van der Waals surface area contributed by atoms with Crippen molar-refractivity contribution in [2.45, 2.75) is 58.0 Å². The molecule has 1 heterocycles. The average molecular weight is 329 g/mol. The van der Waals surface area contributed by atoms with Gasteiger partial charge in [-0.15, -0.1) is 0 Å². The van der Waals surface area contributed by atoms with E-state index in [-0.39, 0.29) is 0 Å². The molecule has 0 unspecified atom stereocenters. The van der Waals surface area contributed by atoms with Crippen LogP contribution in [0.5, 0.6) is 0 Å². The minimum absolute atomic E-state index is 0.394. The van der Waals surface area contributed by atoms with Crippen LogP contribution in [0, 0.1) is 11.8 Å². The largest absolute Gasteiger partial charge is 0.376 e. The molecule has 2 aliphatic rings. The van der Waals surface area contributed by atoms with Gasteiger partial charge in [0, 0.05) is 26.1 Å². The van der Waals surface area contributed by atoms with Crippen molar-refractivity contribution in [3.8, 4) is 0 Å². The normalized spacial score (nSPS) is 20.2. The number of hydrogen-bond donors (Lipinski definition) is 0. The third kappa shape index (κ3) is 5.34. The highest BCUT2D eigenvalue weighted by Gasteiger charge is 2.25. The number of amides is 1. The number of benzene rings is 1. The van der Waals surface area contributed by atoms with Gasteiger partial charge in [0.15, 0.2) is 0 Å². The first-order chi connectivity index (χ1) is 11.8. The molecule has 0 N–H and O–H groups in total. The Kier molecular flexibility index (Phi) is 6.71. The number of ether oxygens (including phenoxy) is 1. The molecule has 3 heteroatoms. The maximum atomic E-state index is 12.5. The van der Waals surface area contributed by atoms with Crippen molar-refractivity contribution >= 4 is 5.91 Å². The molecule has 24 heavy (non-hydrogen) atoms. The summed E-state index contributed by atoms with van der Waals surface area (Å²) in [6.45, 7) is 3.36. The second kappa shape index (κ2) is 9.22. The van der Waals surface area contributed by atoms with Gasteiger partial charge in [-0.1, -0.05) is 49.6 Å². The van der Waals surface area contributed by atoms with Gasteiger partial charge >= 0.3 is 0 Å². The van der Waals surface area contributed by atoms with Gasteiger partial charge in [0.25, 0.3) is 0 Å². The van der Waals surface area contributed by atoms with E-state index in [1.807, 2.05) is 6.07 Å². The highest BCUT2D eigenvalue weighted by atomic mass is 16.5. The summed E-state index contributed by atoms with van der Waals surface area (Å²) in [5, 5.41) is 0. The third-order valence-corrected chi connectivity index (χ3v) is 5.62. The summed E-state index contributed by atoms with van der Waals surface area (Å²) < 4.78 is 5.87. The molecular weight excluding hydrogens is 298 g/mol. The molecule has 1 saturated carbocycles. The molecule has 3 rings (SSSR count). The van der Waals surface area contributed by atoms with E-state index < -0.39 is 0 Å². The molecule has 1 aliphatic heterocycles. The fourth-order valence-corrected chi connectivity index (χ4v) is 4.03. The summed E-state index contributed by atoms with van der Waals surface area (Å²) in [7, 11) is 0. The summed E-state index contributed by atoms with van der Waals surface area (Å²) in [5.74, 6) is 1.65. The first kappa shape index (κ1) is 17.5. The number of piperidine rings is 1. The predicted octanol–water partition coefficient (Wildman–Crippen LogP) is 4.41. The monoisotopic (exact) mass is 329 g/mol. The summed E-state index contributed by atoms with van der Waals surface area (Å²) >= 11 is 0. The second-order valence-corrected chi connectivity index (χ2v) is 7.53. The van der Waals surface area contributed by atoms with Crippen LogP contribution in [0.25, 0.3) is 0 Å². The number of rotatable bonds is 6. The maximum Gasteiger partial charge on any atom is 0.222 e. The Bertz CT molecular complexity index is 488. The maximum absolute atomic E-state index is 12.5. The lowest BCUT2D eigenvalue weighted by Gasteiger charge is -2.33. The van der Waals surface area contributed by atoms with Crippen molar-refractivity contribution in [3.05, 3.63) is 35.9 Å². The molecular formula is C21H31NO2. The summed E-state index contributed by atoms with van der Waals surface area (Å²) in [6, 6.07) is 10.3. The van der Waals surface area contributed by atoms with Crippen LogP contribution in [-0.2, 0) is 16.1 Å². The van der Waals surface area contributed by atoms with Crippen molar-refractivity contribution in [1.82, 2.24) is 4.90 Å². The van der Waals surface area contributed by atoms with E-state index in [2.05, 4.69) is 29.2 Å². The Balaban J connectivity index is 1.32. The highest BCUT2D eigenvalue weighted by Crippen LogP contribution is 2.28. The van der Waals surface area contributed by atoms with Gasteiger partial charge in [-0.25, -0.2) is 0 Å². The Morgan fingerprint density at radius 1 is 0.958 bits per heavy atom. The molecule has 1 amide bonds. The van der Waals surface area contributed by atoms with Crippen LogP contribution in [0.15, 0.2) is 30.3 Å². The molecule has 0 bridgehead atoms. The molecule has 1 saturated heterocycles. The van der Waals surface area contributed by atoms with E-state index in [1.54, 1.807) is 0 Å². The standard InChI is InChI=1S/C21H31NO2/c23-21(15-18-7-3-1-4-8-18)22-13-11-20(12-14-22)17-24-16-19-9-5-2-6-10-19/h2,5-6,9-10,18,20H,1,3-4,7-8,11-17H2. The van der Waals surface area contributed by atoms with E-state index in [4.69, 9.17) is 4.74 Å². The van der Waals surface area contributed by atoms with E-state index >= 15 is 0 Å². The van der Waals surface area contributed by atoms with Crippen LogP contribution in [0.3, 0.4) is 0 Å². The van der Waals surface area contributed by atoms with Gasteiger partial charge in [-0.05, 0) is 43.1 Å². The molecule has 1 aromatic rings. The smallest absolute Gasteiger partial charge is 0.222 e. The van der Waals surface area contributed by atoms with E-state index in [9.17, 15) is 4.79 Å². The minimum atomic E-state index is 0.394. The topological polar surface area (TPSA) is 29.5 Å². The average Bonchev–Trinajstić information content (AvgIpc) is 2.64. The van der Waals surface area contributed by atoms with Crippen molar-refractivity contribution in [1.29, 1.82) is 0 Å². The number of nitrogens with zero attached hydrogens (tertiary/aromatic N) is 1. The Hall–Kier alpha value is -1.35. The molecule has 3 nitrogen and oxygen atoms in total. The van der Waals surface area contributed by atoms with Crippen LogP contribution >= 0.6 is 0 Å². The molecule has 1 aliphatic carbocycles. The summed E-state index contributed by atoms with van der Waals surface area (Å²) in [6.07, 6.45) is 9.48. The van der Waals surface area contributed by atoms with Crippen LogP contribution in [-0.4, -0.2) is 30.5 Å². The zero-order chi connectivity index (χ0) is 16.6. The highest BCUT2D eigenvalue weighted by molar-refractivity contribution is 5.76. The van der Waals surface area contributed by atoms with Gasteiger partial charge < -0.3 is 9.64 Å². The van der Waals surface area contributed by atoms with E-state index in [1.165, 1.54) is 37.7 Å². The van der Waals surface area contributed by atoms with Crippen molar-refractivity contribution < 1.29 is 9.53 Å². The number of likely N-dealkylation sites (tertiary alicyclic amines) is 1. The lowest BCUT2D eigenvalue weighted by atomic mass is 9.86. The van der Waals surface area contributed by atoms with Gasteiger partial charge in [-0.3, -0.25) is 4.79 Å². The molecule has 0 atom stereocenters. The van der Waals surface area contributed by atoms with E-state index in [0.29, 0.717) is 24.3 Å². The van der Waals surface area contributed by atoms with E-state index in [0.717, 1.165) is 39.0 Å². The number of carbonyl (C=O) groups is 1. The number of hydrogen-bond acceptors (Lipinski definition) is 2. The minimum Gasteiger partial charge on any atom is -0.376 e. The van der Waals surface area contributed by atoms with Crippen molar-refractivity contribution in [2.75, 3.05) is 19.7 Å². The number of carbonyl (C=O) groups excluding carboxylic acids is 1. The molecule has 1 aromatic carbocycles. The molecule has 0 radical (unpaired) electrons. The molecule has 132 valence electrons. The SMILES string of the molecule is O=C(CC1CCCCC1)N1CCC(COCc2ccccc2)CC1. The van der Waals surface area contributed by atoms with Crippen LogP contribution in [0.2, 0.25) is 0 Å². The Morgan fingerprint density at radius 3 is 2.38 bits per heavy atom. The second-order valence-electron chi connectivity index (χ2n) is 7.53. The first-order valence-corrected chi connectivity index (χ1v) is 9.70. The molecule has 2 fully saturated rings. The van der Waals surface area contributed by atoms with Gasteiger partial charge in [0.2, 0.25) is 5.91 Å². The van der Waals surface area contributed by atoms with Gasteiger partial charge in [0.05, 0.1) is 6.61 Å². The molecule has 0 aromatic heterocycles. The van der Waals surface area contributed by atoms with Crippen molar-refractivity contribution in [3.63, 3.8) is 0 Å². The lowest BCUT2D eigenvalue weighted by molar-refractivity contribution is -0.134. The zero-order valence-electron chi connectivity index (χ0n) is 14.8. The zero-order valence-corrected chi connectivity index (χ0v) is 14.8. The third-order valence-electron chi connectivity index (χ3n) is 5.62. The Labute approximate surface area is 146 Å². The fourth-order valence-electron chi connectivity index (χ4n) is 4.03. The fraction of sp³-hybridized carbons (Fsp3) is 0.667. The molecule has 0 spiro atoms.